The molecule has 0 radical (unpaired) electrons. The first-order valence-electron chi connectivity index (χ1n) is 7.53. The van der Waals surface area contributed by atoms with Crippen LogP contribution in [-0.2, 0) is 4.79 Å². The molecule has 1 aliphatic rings. The number of nitrogens with two attached hydrogens (primary N) is 1. The first-order chi connectivity index (χ1) is 11.1. The summed E-state index contributed by atoms with van der Waals surface area (Å²) < 4.78 is 0.983. The molecule has 1 amide bonds. The fourth-order valence-electron chi connectivity index (χ4n) is 2.29. The molecule has 0 bridgehead atoms. The number of carbonyl (C=O) groups excluding carboxylic acids is 1. The summed E-state index contributed by atoms with van der Waals surface area (Å²) in [6.07, 6.45) is 4.46. The van der Waals surface area contributed by atoms with Crippen LogP contribution in [0.5, 0.6) is 0 Å². The second-order valence-corrected chi connectivity index (χ2v) is 6.47. The van der Waals surface area contributed by atoms with Crippen molar-refractivity contribution in [3.05, 3.63) is 40.5 Å². The van der Waals surface area contributed by atoms with Crippen molar-refractivity contribution < 1.29 is 4.79 Å². The number of carbonyl (C=O) groups is 1. The molecule has 4 N–H and O–H groups in total. The van der Waals surface area contributed by atoms with E-state index in [2.05, 4.69) is 36.5 Å². The summed E-state index contributed by atoms with van der Waals surface area (Å²) in [5, 5.41) is 6.39. The van der Waals surface area contributed by atoms with Gasteiger partial charge in [0.15, 0.2) is 0 Å². The van der Waals surface area contributed by atoms with Crippen LogP contribution in [0.4, 0.5) is 17.5 Å². The number of anilines is 3. The highest BCUT2D eigenvalue weighted by atomic mass is 79.9. The summed E-state index contributed by atoms with van der Waals surface area (Å²) in [6, 6.07) is 7.80. The van der Waals surface area contributed by atoms with Crippen molar-refractivity contribution in [2.45, 2.75) is 25.2 Å². The molecule has 1 aliphatic carbocycles. The lowest BCUT2D eigenvalue weighted by molar-refractivity contribution is -0.117. The Kier molecular flexibility index (Phi) is 4.76. The predicted octanol–water partition coefficient (Wildman–Crippen LogP) is 3.15. The number of hydrogen-bond donors (Lipinski definition) is 3. The van der Waals surface area contributed by atoms with Crippen LogP contribution in [0, 0.1) is 0 Å². The van der Waals surface area contributed by atoms with Gasteiger partial charge in [-0.3, -0.25) is 4.79 Å². The van der Waals surface area contributed by atoms with Crippen LogP contribution in [0.2, 0.25) is 0 Å². The van der Waals surface area contributed by atoms with Crippen LogP contribution in [0.3, 0.4) is 0 Å². The predicted molar refractivity (Wildman–Crippen MR) is 93.7 cm³/mol. The second kappa shape index (κ2) is 6.95. The summed E-state index contributed by atoms with van der Waals surface area (Å²) in [5.41, 5.74) is 7.19. The zero-order valence-corrected chi connectivity index (χ0v) is 14.1. The minimum Gasteiger partial charge on any atom is -0.370 e. The number of amides is 1. The van der Waals surface area contributed by atoms with E-state index in [9.17, 15) is 4.79 Å². The summed E-state index contributed by atoms with van der Waals surface area (Å²) >= 11 is 3.44. The van der Waals surface area contributed by atoms with E-state index < -0.39 is 0 Å². The smallest absolute Gasteiger partial charge is 0.229 e. The Morgan fingerprint density at radius 2 is 2.22 bits per heavy atom. The minimum absolute atomic E-state index is 0.280. The molecule has 7 heteroatoms. The van der Waals surface area contributed by atoms with Crippen LogP contribution < -0.4 is 16.4 Å². The molecule has 2 aromatic rings. The van der Waals surface area contributed by atoms with Crippen molar-refractivity contribution >= 4 is 39.3 Å². The van der Waals surface area contributed by atoms with Gasteiger partial charge >= 0.3 is 0 Å². The Morgan fingerprint density at radius 3 is 2.91 bits per heavy atom. The van der Waals surface area contributed by atoms with Crippen LogP contribution in [0.1, 0.15) is 30.7 Å². The summed E-state index contributed by atoms with van der Waals surface area (Å²) in [7, 11) is 0. The maximum Gasteiger partial charge on any atom is 0.229 e. The highest BCUT2D eigenvalue weighted by Gasteiger charge is 2.27. The fraction of sp³-hybridized carbons (Fsp3) is 0.312. The SMILES string of the molecule is NC(=O)CCNc1nc(Nc2cccc(Br)c2)ncc1C1CC1. The zero-order chi connectivity index (χ0) is 16.2. The molecule has 1 fully saturated rings. The Bertz CT molecular complexity index is 717. The average molecular weight is 376 g/mol. The van der Waals surface area contributed by atoms with Crippen molar-refractivity contribution in [2.24, 2.45) is 5.73 Å². The van der Waals surface area contributed by atoms with E-state index in [1.165, 1.54) is 0 Å². The third-order valence-electron chi connectivity index (χ3n) is 3.58. The van der Waals surface area contributed by atoms with E-state index in [4.69, 9.17) is 5.73 Å². The number of hydrogen-bond acceptors (Lipinski definition) is 5. The van der Waals surface area contributed by atoms with Gasteiger partial charge in [0.1, 0.15) is 5.82 Å². The molecule has 1 saturated carbocycles. The molecule has 0 saturated heterocycles. The normalized spacial score (nSPS) is 13.6. The molecular formula is C16H18BrN5O. The lowest BCUT2D eigenvalue weighted by atomic mass is 10.2. The molecule has 0 atom stereocenters. The minimum atomic E-state index is -0.327. The monoisotopic (exact) mass is 375 g/mol. The van der Waals surface area contributed by atoms with Crippen molar-refractivity contribution in [2.75, 3.05) is 17.2 Å². The molecule has 1 aromatic heterocycles. The van der Waals surface area contributed by atoms with E-state index in [1.54, 1.807) is 0 Å². The van der Waals surface area contributed by atoms with Crippen molar-refractivity contribution in [3.63, 3.8) is 0 Å². The zero-order valence-electron chi connectivity index (χ0n) is 12.6. The quantitative estimate of drug-likeness (QED) is 0.690. The van der Waals surface area contributed by atoms with Crippen molar-refractivity contribution in [3.8, 4) is 0 Å². The number of rotatable bonds is 7. The van der Waals surface area contributed by atoms with E-state index >= 15 is 0 Å². The Hall–Kier alpha value is -2.15. The molecule has 0 spiro atoms. The van der Waals surface area contributed by atoms with Gasteiger partial charge in [0.25, 0.3) is 0 Å². The number of aromatic nitrogens is 2. The lowest BCUT2D eigenvalue weighted by Gasteiger charge is -2.12. The largest absolute Gasteiger partial charge is 0.370 e. The molecule has 6 nitrogen and oxygen atoms in total. The molecule has 23 heavy (non-hydrogen) atoms. The Morgan fingerprint density at radius 1 is 1.39 bits per heavy atom. The number of primary amides is 1. The topological polar surface area (TPSA) is 92.9 Å². The van der Waals surface area contributed by atoms with Gasteiger partial charge in [-0.15, -0.1) is 0 Å². The summed E-state index contributed by atoms with van der Waals surface area (Å²) in [5.74, 6) is 1.49. The molecule has 1 heterocycles. The highest BCUT2D eigenvalue weighted by Crippen LogP contribution is 2.42. The van der Waals surface area contributed by atoms with Crippen LogP contribution in [0.25, 0.3) is 0 Å². The van der Waals surface area contributed by atoms with Crippen molar-refractivity contribution in [1.29, 1.82) is 0 Å². The van der Waals surface area contributed by atoms with Gasteiger partial charge in [0, 0.05) is 34.9 Å². The van der Waals surface area contributed by atoms with Gasteiger partial charge in [0.05, 0.1) is 0 Å². The number of benzene rings is 1. The Balaban J connectivity index is 1.77. The van der Waals surface area contributed by atoms with E-state index in [-0.39, 0.29) is 12.3 Å². The van der Waals surface area contributed by atoms with Crippen LogP contribution in [0.15, 0.2) is 34.9 Å². The average Bonchev–Trinajstić information content (AvgIpc) is 3.32. The van der Waals surface area contributed by atoms with Gasteiger partial charge in [-0.25, -0.2) is 4.98 Å². The van der Waals surface area contributed by atoms with Crippen LogP contribution in [-0.4, -0.2) is 22.4 Å². The maximum atomic E-state index is 10.9. The molecule has 120 valence electrons. The fourth-order valence-corrected chi connectivity index (χ4v) is 2.68. The molecule has 3 rings (SSSR count). The summed E-state index contributed by atoms with van der Waals surface area (Å²) in [6.45, 7) is 0.475. The maximum absolute atomic E-state index is 10.9. The van der Waals surface area contributed by atoms with Crippen molar-refractivity contribution in [1.82, 2.24) is 9.97 Å². The van der Waals surface area contributed by atoms with E-state index in [0.29, 0.717) is 18.4 Å². The highest BCUT2D eigenvalue weighted by molar-refractivity contribution is 9.10. The Labute approximate surface area is 143 Å². The first-order valence-corrected chi connectivity index (χ1v) is 8.33. The van der Waals surface area contributed by atoms with Gasteiger partial charge in [0.2, 0.25) is 11.9 Å². The van der Waals surface area contributed by atoms with Gasteiger partial charge < -0.3 is 16.4 Å². The lowest BCUT2D eigenvalue weighted by Crippen LogP contribution is -2.17. The molecule has 0 aliphatic heterocycles. The molecular weight excluding hydrogens is 358 g/mol. The first kappa shape index (κ1) is 15.7. The number of halogens is 1. The van der Waals surface area contributed by atoms with Gasteiger partial charge in [-0.05, 0) is 37.0 Å². The number of nitrogens with one attached hydrogen (secondary N) is 2. The number of nitrogens with zero attached hydrogens (tertiary/aromatic N) is 2. The van der Waals surface area contributed by atoms with E-state index in [1.807, 2.05) is 30.5 Å². The molecule has 0 unspecified atom stereocenters. The van der Waals surface area contributed by atoms with Gasteiger partial charge in [-0.2, -0.15) is 4.98 Å². The second-order valence-electron chi connectivity index (χ2n) is 5.55. The standard InChI is InChI=1S/C16H18BrN5O/c17-11-2-1-3-12(8-11)21-16-20-9-13(10-4-5-10)15(22-16)19-7-6-14(18)23/h1-3,8-10H,4-7H2,(H2,18,23)(H2,19,20,21,22). The molecule has 1 aromatic carbocycles. The van der Waals surface area contributed by atoms with Crippen LogP contribution >= 0.6 is 15.9 Å². The van der Waals surface area contributed by atoms with Gasteiger partial charge in [-0.1, -0.05) is 22.0 Å². The third kappa shape index (κ3) is 4.41. The third-order valence-corrected chi connectivity index (χ3v) is 4.07. The summed E-state index contributed by atoms with van der Waals surface area (Å²) in [4.78, 5) is 19.8. The van der Waals surface area contributed by atoms with E-state index in [0.717, 1.165) is 34.4 Å².